The number of aromatic amines is 2. The normalized spacial score (nSPS) is 10.1. The van der Waals surface area contributed by atoms with Gasteiger partial charge in [-0.15, -0.1) is 0 Å². The monoisotopic (exact) mass is 247 g/mol. The van der Waals surface area contributed by atoms with Crippen molar-refractivity contribution < 1.29 is 9.53 Å². The Labute approximate surface area is 93.7 Å². The fourth-order valence-electron chi connectivity index (χ4n) is 0.952. The van der Waals surface area contributed by atoms with Crippen molar-refractivity contribution in [1.82, 2.24) is 14.5 Å². The number of hydrogen-bond donors (Lipinski definition) is 3. The molecule has 9 heteroatoms. The van der Waals surface area contributed by atoms with E-state index in [-0.39, 0.29) is 18.9 Å². The van der Waals surface area contributed by atoms with Gasteiger partial charge in [0.25, 0.3) is 0 Å². The van der Waals surface area contributed by atoms with E-state index >= 15 is 0 Å². The average Bonchev–Trinajstić information content (AvgIpc) is 2.21. The van der Waals surface area contributed by atoms with Crippen molar-refractivity contribution in [3.8, 4) is 0 Å². The summed E-state index contributed by atoms with van der Waals surface area (Å²) in [7, 11) is 0. The molecule has 0 aliphatic heterocycles. The number of thiol groups is 1. The van der Waals surface area contributed by atoms with Gasteiger partial charge in [0.15, 0.2) is 0 Å². The maximum Gasteiger partial charge on any atom is 0.333 e. The first-order valence-corrected chi connectivity index (χ1v) is 4.87. The SMILES string of the molecule is O=C(CS)OCCn1c(=O)[nH]c(=O)[nH]c1=O. The number of rotatable bonds is 4. The third kappa shape index (κ3) is 3.12. The Morgan fingerprint density at radius 2 is 1.81 bits per heavy atom. The molecule has 0 unspecified atom stereocenters. The summed E-state index contributed by atoms with van der Waals surface area (Å²) >= 11 is 3.67. The van der Waals surface area contributed by atoms with Crippen LogP contribution < -0.4 is 17.1 Å². The summed E-state index contributed by atoms with van der Waals surface area (Å²) < 4.78 is 5.33. The van der Waals surface area contributed by atoms with Crippen LogP contribution in [0.5, 0.6) is 0 Å². The van der Waals surface area contributed by atoms with Gasteiger partial charge in [0.1, 0.15) is 6.61 Å². The van der Waals surface area contributed by atoms with Crippen molar-refractivity contribution in [3.63, 3.8) is 0 Å². The lowest BCUT2D eigenvalue weighted by Gasteiger charge is -2.03. The van der Waals surface area contributed by atoms with Gasteiger partial charge in [-0.1, -0.05) is 0 Å². The van der Waals surface area contributed by atoms with Crippen LogP contribution in [-0.2, 0) is 16.1 Å². The van der Waals surface area contributed by atoms with Gasteiger partial charge in [0.05, 0.1) is 12.3 Å². The number of nitrogens with one attached hydrogen (secondary N) is 2. The zero-order valence-corrected chi connectivity index (χ0v) is 8.95. The number of nitrogens with zero attached hydrogens (tertiary/aromatic N) is 1. The fourth-order valence-corrected chi connectivity index (χ4v) is 1.04. The Balaban J connectivity index is 2.76. The molecule has 1 aromatic heterocycles. The molecular formula is C7H9N3O5S. The predicted molar refractivity (Wildman–Crippen MR) is 56.8 cm³/mol. The molecule has 8 nitrogen and oxygen atoms in total. The number of esters is 1. The first kappa shape index (κ1) is 12.3. The standard InChI is InChI=1S/C7H9N3O5S/c11-4(3-16)15-2-1-10-6(13)8-5(12)9-7(10)14/h16H,1-3H2,(H2,8,9,12,13,14). The highest BCUT2D eigenvalue weighted by atomic mass is 32.1. The van der Waals surface area contributed by atoms with Crippen LogP contribution in [0, 0.1) is 0 Å². The van der Waals surface area contributed by atoms with Gasteiger partial charge in [-0.25, -0.2) is 19.0 Å². The molecule has 0 fully saturated rings. The van der Waals surface area contributed by atoms with Crippen molar-refractivity contribution >= 4 is 18.6 Å². The zero-order chi connectivity index (χ0) is 12.1. The second kappa shape index (κ2) is 5.35. The Morgan fingerprint density at radius 1 is 1.25 bits per heavy atom. The average molecular weight is 247 g/mol. The quantitative estimate of drug-likeness (QED) is 0.409. The van der Waals surface area contributed by atoms with E-state index in [2.05, 4.69) is 17.4 Å². The molecule has 0 aliphatic carbocycles. The minimum atomic E-state index is -0.876. The highest BCUT2D eigenvalue weighted by Gasteiger charge is 2.04. The van der Waals surface area contributed by atoms with Crippen LogP contribution in [0.15, 0.2) is 14.4 Å². The Kier molecular flexibility index (Phi) is 4.11. The van der Waals surface area contributed by atoms with E-state index in [4.69, 9.17) is 0 Å². The van der Waals surface area contributed by atoms with Crippen molar-refractivity contribution in [2.24, 2.45) is 0 Å². The molecular weight excluding hydrogens is 238 g/mol. The number of ether oxygens (including phenoxy) is 1. The molecule has 0 atom stereocenters. The van der Waals surface area contributed by atoms with Crippen molar-refractivity contribution in [1.29, 1.82) is 0 Å². The molecule has 0 aromatic carbocycles. The third-order valence-corrected chi connectivity index (χ3v) is 1.90. The van der Waals surface area contributed by atoms with Crippen LogP contribution in [0.2, 0.25) is 0 Å². The Hall–Kier alpha value is -1.77. The number of hydrogen-bond acceptors (Lipinski definition) is 6. The Morgan fingerprint density at radius 3 is 2.31 bits per heavy atom. The van der Waals surface area contributed by atoms with Crippen LogP contribution in [-0.4, -0.2) is 32.9 Å². The van der Waals surface area contributed by atoms with E-state index in [1.54, 1.807) is 0 Å². The molecule has 0 amide bonds. The van der Waals surface area contributed by atoms with Gasteiger partial charge in [0, 0.05) is 0 Å². The number of carbonyl (C=O) groups excluding carboxylic acids is 1. The summed E-state index contributed by atoms with van der Waals surface area (Å²) in [5.74, 6) is -0.645. The largest absolute Gasteiger partial charge is 0.463 e. The second-order valence-electron chi connectivity index (χ2n) is 2.72. The van der Waals surface area contributed by atoms with E-state index < -0.39 is 23.0 Å². The summed E-state index contributed by atoms with van der Waals surface area (Å²) in [5, 5.41) is 0. The molecule has 0 aliphatic rings. The summed E-state index contributed by atoms with van der Waals surface area (Å²) in [6.07, 6.45) is 0. The number of H-pyrrole nitrogens is 2. The first-order valence-electron chi connectivity index (χ1n) is 4.24. The molecule has 1 rings (SSSR count). The maximum absolute atomic E-state index is 11.1. The smallest absolute Gasteiger partial charge is 0.333 e. The van der Waals surface area contributed by atoms with E-state index in [0.717, 1.165) is 0 Å². The molecule has 1 aromatic rings. The molecule has 16 heavy (non-hydrogen) atoms. The summed E-state index contributed by atoms with van der Waals surface area (Å²) in [4.78, 5) is 47.4. The number of aromatic nitrogens is 3. The van der Waals surface area contributed by atoms with Gasteiger partial charge in [-0.3, -0.25) is 14.8 Å². The lowest BCUT2D eigenvalue weighted by molar-refractivity contribution is -0.140. The van der Waals surface area contributed by atoms with E-state index in [0.29, 0.717) is 4.57 Å². The molecule has 0 bridgehead atoms. The maximum atomic E-state index is 11.1. The van der Waals surface area contributed by atoms with Crippen LogP contribution in [0.3, 0.4) is 0 Å². The van der Waals surface area contributed by atoms with E-state index in [1.807, 2.05) is 9.97 Å². The minimum absolute atomic E-state index is 0.0864. The van der Waals surface area contributed by atoms with Crippen LogP contribution in [0.4, 0.5) is 0 Å². The molecule has 0 saturated heterocycles. The Bertz CT molecular complexity index is 508. The predicted octanol–water partition coefficient (Wildman–Crippen LogP) is -2.30. The van der Waals surface area contributed by atoms with Gasteiger partial charge >= 0.3 is 23.0 Å². The summed E-state index contributed by atoms with van der Waals surface area (Å²) in [5.41, 5.74) is -2.58. The summed E-state index contributed by atoms with van der Waals surface area (Å²) in [6, 6.07) is 0. The van der Waals surface area contributed by atoms with Gasteiger partial charge in [0.2, 0.25) is 0 Å². The first-order chi connectivity index (χ1) is 7.54. The van der Waals surface area contributed by atoms with Crippen molar-refractivity contribution in [2.45, 2.75) is 6.54 Å². The third-order valence-electron chi connectivity index (χ3n) is 1.64. The lowest BCUT2D eigenvalue weighted by atomic mass is 10.6. The van der Waals surface area contributed by atoms with Gasteiger partial charge in [-0.05, 0) is 0 Å². The molecule has 1 heterocycles. The van der Waals surface area contributed by atoms with E-state index in [9.17, 15) is 19.2 Å². The van der Waals surface area contributed by atoms with Crippen molar-refractivity contribution in [2.75, 3.05) is 12.4 Å². The lowest BCUT2D eigenvalue weighted by Crippen LogP contribution is -2.44. The molecule has 0 radical (unpaired) electrons. The van der Waals surface area contributed by atoms with Crippen LogP contribution in [0.1, 0.15) is 0 Å². The fraction of sp³-hybridized carbons (Fsp3) is 0.429. The van der Waals surface area contributed by atoms with E-state index in [1.165, 1.54) is 0 Å². The van der Waals surface area contributed by atoms with Gasteiger partial charge in [-0.2, -0.15) is 12.6 Å². The zero-order valence-electron chi connectivity index (χ0n) is 8.06. The minimum Gasteiger partial charge on any atom is -0.463 e. The highest BCUT2D eigenvalue weighted by Crippen LogP contribution is 1.82. The highest BCUT2D eigenvalue weighted by molar-refractivity contribution is 7.81. The molecule has 0 saturated carbocycles. The van der Waals surface area contributed by atoms with Gasteiger partial charge < -0.3 is 4.74 Å². The number of carbonyl (C=O) groups is 1. The second-order valence-corrected chi connectivity index (χ2v) is 3.04. The molecule has 0 spiro atoms. The molecule has 88 valence electrons. The molecule has 2 N–H and O–H groups in total. The topological polar surface area (TPSA) is 114 Å². The summed E-state index contributed by atoms with van der Waals surface area (Å²) in [6.45, 7) is -0.279. The van der Waals surface area contributed by atoms with Crippen LogP contribution in [0.25, 0.3) is 0 Å². The van der Waals surface area contributed by atoms with Crippen molar-refractivity contribution in [3.05, 3.63) is 31.5 Å². The van der Waals surface area contributed by atoms with Crippen LogP contribution >= 0.6 is 12.6 Å².